The number of hydrogen-bond donors (Lipinski definition) is 4. The molecule has 0 heterocycles. The summed E-state index contributed by atoms with van der Waals surface area (Å²) >= 11 is 0. The van der Waals surface area contributed by atoms with Crippen LogP contribution in [0.3, 0.4) is 0 Å². The lowest BCUT2D eigenvalue weighted by atomic mass is 10.3. The van der Waals surface area contributed by atoms with E-state index in [0.717, 1.165) is 0 Å². The van der Waals surface area contributed by atoms with E-state index in [1.165, 1.54) is 0 Å². The Kier molecular flexibility index (Phi) is 13.3. The summed E-state index contributed by atoms with van der Waals surface area (Å²) in [5, 5.41) is 8.57. The molecule has 0 amide bonds. The van der Waals surface area contributed by atoms with Gasteiger partial charge in [0.25, 0.3) is 0 Å². The fourth-order valence-corrected chi connectivity index (χ4v) is 3.03. The smallest absolute Gasteiger partial charge is 0.244 e. The molecule has 0 saturated heterocycles. The average Bonchev–Trinajstić information content (AvgIpc) is 2.68. The average molecular weight is 556 g/mol. The SMILES string of the molecule is C=C.N.N.NS(=O)(=O)c1c(F)c(F)c(F)c(F)c1F.NS(=O)(=O)c1c(F)c(F)c(F)c(F)c1F. The van der Waals surface area contributed by atoms with Crippen LogP contribution in [-0.4, -0.2) is 16.8 Å². The van der Waals surface area contributed by atoms with Gasteiger partial charge in [0, 0.05) is 0 Å². The molecule has 0 unspecified atom stereocenters. The molecule has 0 fully saturated rings. The van der Waals surface area contributed by atoms with Crippen LogP contribution in [0.15, 0.2) is 22.9 Å². The first-order valence-corrected chi connectivity index (χ1v) is 10.0. The Balaban J connectivity index is -0.000000499. The van der Waals surface area contributed by atoms with E-state index in [2.05, 4.69) is 23.4 Å². The van der Waals surface area contributed by atoms with E-state index in [4.69, 9.17) is 0 Å². The Hall–Kier alpha value is -2.78. The van der Waals surface area contributed by atoms with Crippen molar-refractivity contribution in [3.05, 3.63) is 71.3 Å². The van der Waals surface area contributed by atoms with Gasteiger partial charge in [-0.25, -0.2) is 71.0 Å². The molecule has 34 heavy (non-hydrogen) atoms. The Morgan fingerprint density at radius 1 is 0.412 bits per heavy atom. The van der Waals surface area contributed by atoms with Crippen LogP contribution < -0.4 is 22.6 Å². The molecular weight excluding hydrogens is 542 g/mol. The van der Waals surface area contributed by atoms with Gasteiger partial charge in [-0.1, -0.05) is 0 Å². The van der Waals surface area contributed by atoms with Crippen molar-refractivity contribution < 1.29 is 60.7 Å². The number of rotatable bonds is 2. The molecule has 0 saturated carbocycles. The number of benzene rings is 2. The second-order valence-electron chi connectivity index (χ2n) is 4.89. The highest BCUT2D eigenvalue weighted by Gasteiger charge is 2.32. The van der Waals surface area contributed by atoms with Crippen LogP contribution in [0, 0.1) is 58.2 Å². The summed E-state index contributed by atoms with van der Waals surface area (Å²) in [5.41, 5.74) is 0. The summed E-state index contributed by atoms with van der Waals surface area (Å²) in [6, 6.07) is 0. The summed E-state index contributed by atoms with van der Waals surface area (Å²) in [7, 11) is -10.0. The van der Waals surface area contributed by atoms with Gasteiger partial charge < -0.3 is 12.3 Å². The molecule has 2 aromatic rings. The van der Waals surface area contributed by atoms with Gasteiger partial charge in [0.05, 0.1) is 0 Å². The van der Waals surface area contributed by atoms with E-state index < -0.39 is 88.0 Å². The van der Waals surface area contributed by atoms with Crippen LogP contribution in [0.4, 0.5) is 43.9 Å². The van der Waals surface area contributed by atoms with E-state index in [-0.39, 0.29) is 12.3 Å². The Labute approximate surface area is 185 Å². The topological polar surface area (TPSA) is 190 Å². The van der Waals surface area contributed by atoms with Crippen molar-refractivity contribution in [3.8, 4) is 0 Å². The van der Waals surface area contributed by atoms with Crippen molar-refractivity contribution in [2.45, 2.75) is 9.79 Å². The lowest BCUT2D eigenvalue weighted by Crippen LogP contribution is -2.19. The van der Waals surface area contributed by atoms with Gasteiger partial charge in [0.1, 0.15) is 0 Å². The van der Waals surface area contributed by atoms with Crippen molar-refractivity contribution >= 4 is 20.0 Å². The quantitative estimate of drug-likeness (QED) is 0.190. The van der Waals surface area contributed by atoms with E-state index in [1.807, 2.05) is 0 Å². The first kappa shape index (κ1) is 35.8. The largest absolute Gasteiger partial charge is 0.344 e. The molecule has 20 heteroatoms. The first-order chi connectivity index (χ1) is 14.4. The maximum atomic E-state index is 12.7. The number of hydrogen-bond acceptors (Lipinski definition) is 6. The van der Waals surface area contributed by atoms with Crippen molar-refractivity contribution in [2.75, 3.05) is 0 Å². The zero-order valence-corrected chi connectivity index (χ0v) is 17.8. The van der Waals surface area contributed by atoms with Gasteiger partial charge in [-0.3, -0.25) is 0 Å². The predicted octanol–water partition coefficient (Wildman–Crippen LogP) is 3.19. The Bertz CT molecular complexity index is 1120. The third-order valence-corrected chi connectivity index (χ3v) is 4.76. The molecule has 10 N–H and O–H groups in total. The molecule has 2 aromatic carbocycles. The van der Waals surface area contributed by atoms with Crippen LogP contribution in [-0.2, 0) is 20.0 Å². The molecule has 0 spiro atoms. The van der Waals surface area contributed by atoms with Crippen molar-refractivity contribution in [1.82, 2.24) is 12.3 Å². The van der Waals surface area contributed by atoms with Crippen molar-refractivity contribution in [2.24, 2.45) is 10.3 Å². The summed E-state index contributed by atoms with van der Waals surface area (Å²) in [6.07, 6.45) is 0. The molecule has 0 atom stereocenters. The van der Waals surface area contributed by atoms with Gasteiger partial charge in [-0.05, 0) is 0 Å². The maximum absolute atomic E-state index is 12.7. The molecule has 0 radical (unpaired) electrons. The number of nitrogens with two attached hydrogens (primary N) is 2. The molecule has 196 valence electrons. The highest BCUT2D eigenvalue weighted by atomic mass is 32.2. The minimum atomic E-state index is -5.02. The van der Waals surface area contributed by atoms with E-state index >= 15 is 0 Å². The molecule has 8 nitrogen and oxygen atoms in total. The Morgan fingerprint density at radius 2 is 0.529 bits per heavy atom. The van der Waals surface area contributed by atoms with Gasteiger partial charge in [-0.2, -0.15) is 0 Å². The minimum Gasteiger partial charge on any atom is -0.344 e. The second kappa shape index (κ2) is 12.6. The monoisotopic (exact) mass is 556 g/mol. The second-order valence-corrected chi connectivity index (χ2v) is 7.88. The fraction of sp³-hybridized carbons (Fsp3) is 0. The Morgan fingerprint density at radius 3 is 0.647 bits per heavy atom. The molecule has 0 aromatic heterocycles. The zero-order valence-electron chi connectivity index (χ0n) is 16.2. The standard InChI is InChI=1S/2C6H2F5NO2S.C2H4.2H3N/c2*7-1-2(8)4(10)6(15(12,13)14)5(11)3(1)9;1-2;;/h2*(H2,12,13,14);1-2H2;2*1H3. The lowest BCUT2D eigenvalue weighted by molar-refractivity contribution is 0.357. The van der Waals surface area contributed by atoms with Gasteiger partial charge in [-0.15, -0.1) is 13.2 Å². The van der Waals surface area contributed by atoms with Crippen LogP contribution >= 0.6 is 0 Å². The molecule has 0 aliphatic heterocycles. The maximum Gasteiger partial charge on any atom is 0.244 e. The third-order valence-electron chi connectivity index (χ3n) is 2.91. The summed E-state index contributed by atoms with van der Waals surface area (Å²) in [5.74, 6) is -24.3. The van der Waals surface area contributed by atoms with Crippen molar-refractivity contribution in [3.63, 3.8) is 0 Å². The van der Waals surface area contributed by atoms with Gasteiger partial charge in [0.15, 0.2) is 56.3 Å². The summed E-state index contributed by atoms with van der Waals surface area (Å²) in [4.78, 5) is -4.09. The third kappa shape index (κ3) is 7.11. The highest BCUT2D eigenvalue weighted by molar-refractivity contribution is 7.89. The fourth-order valence-electron chi connectivity index (χ4n) is 1.67. The minimum absolute atomic E-state index is 0. The van der Waals surface area contributed by atoms with Crippen LogP contribution in [0.25, 0.3) is 0 Å². The van der Waals surface area contributed by atoms with Gasteiger partial charge >= 0.3 is 0 Å². The number of sulfonamides is 2. The normalized spacial score (nSPS) is 10.6. The first-order valence-electron chi connectivity index (χ1n) is 6.94. The predicted molar refractivity (Wildman–Crippen MR) is 96.5 cm³/mol. The molecule has 0 bridgehead atoms. The molecular formula is C14H14F10N4O4S2. The highest BCUT2D eigenvalue weighted by Crippen LogP contribution is 2.26. The zero-order chi connectivity index (χ0) is 25.9. The van der Waals surface area contributed by atoms with Gasteiger partial charge in [0.2, 0.25) is 31.7 Å². The van der Waals surface area contributed by atoms with E-state index in [1.54, 1.807) is 0 Å². The molecule has 0 aliphatic carbocycles. The molecule has 0 aliphatic rings. The van der Waals surface area contributed by atoms with E-state index in [9.17, 15) is 60.7 Å². The summed E-state index contributed by atoms with van der Waals surface area (Å²) in [6.45, 7) is 6.00. The lowest BCUT2D eigenvalue weighted by Gasteiger charge is -2.05. The van der Waals surface area contributed by atoms with Crippen LogP contribution in [0.5, 0.6) is 0 Å². The molecule has 2 rings (SSSR count). The van der Waals surface area contributed by atoms with Crippen LogP contribution in [0.1, 0.15) is 0 Å². The van der Waals surface area contributed by atoms with Crippen molar-refractivity contribution in [1.29, 1.82) is 0 Å². The number of primary sulfonamides is 2. The van der Waals surface area contributed by atoms with E-state index in [0.29, 0.717) is 0 Å². The number of halogens is 10. The van der Waals surface area contributed by atoms with Crippen LogP contribution in [0.2, 0.25) is 0 Å². The summed E-state index contributed by atoms with van der Waals surface area (Å²) < 4.78 is 168.